The van der Waals surface area contributed by atoms with Crippen molar-refractivity contribution in [3.05, 3.63) is 75.7 Å². The number of rotatable bonds is 7. The summed E-state index contributed by atoms with van der Waals surface area (Å²) in [4.78, 5) is 24.3. The minimum absolute atomic E-state index is 0.0873. The molecule has 0 aliphatic rings. The zero-order valence-electron chi connectivity index (χ0n) is 14.0. The molecule has 7 nitrogen and oxygen atoms in total. The summed E-state index contributed by atoms with van der Waals surface area (Å²) in [5, 5.41) is 22.5. The van der Waals surface area contributed by atoms with Gasteiger partial charge in [0.1, 0.15) is 17.2 Å². The predicted octanol–water partition coefficient (Wildman–Crippen LogP) is 4.58. The van der Waals surface area contributed by atoms with Gasteiger partial charge < -0.3 is 10.4 Å². The molecule has 1 aromatic carbocycles. The van der Waals surface area contributed by atoms with Crippen molar-refractivity contribution in [1.82, 2.24) is 4.98 Å². The van der Waals surface area contributed by atoms with Crippen molar-refractivity contribution in [3.63, 3.8) is 0 Å². The van der Waals surface area contributed by atoms with Gasteiger partial charge in [-0.3, -0.25) is 10.1 Å². The van der Waals surface area contributed by atoms with Gasteiger partial charge in [0.15, 0.2) is 0 Å². The van der Waals surface area contributed by atoms with Gasteiger partial charge in [-0.05, 0) is 24.1 Å². The van der Waals surface area contributed by atoms with Crippen molar-refractivity contribution in [2.24, 2.45) is 0 Å². The number of nitrogens with zero attached hydrogens (tertiary/aromatic N) is 2. The van der Waals surface area contributed by atoms with Crippen LogP contribution in [0, 0.1) is 15.9 Å². The van der Waals surface area contributed by atoms with Crippen molar-refractivity contribution in [2.75, 3.05) is 5.32 Å². The molecule has 2 rings (SSSR count). The number of nitro groups is 1. The summed E-state index contributed by atoms with van der Waals surface area (Å²) in [5.41, 5.74) is -3.55. The number of alkyl halides is 3. The predicted molar refractivity (Wildman–Crippen MR) is 90.4 cm³/mol. The maximum Gasteiger partial charge on any atom is 0.420 e. The van der Waals surface area contributed by atoms with Crippen LogP contribution in [0.5, 0.6) is 0 Å². The molecule has 11 heteroatoms. The highest BCUT2D eigenvalue weighted by Gasteiger charge is 2.39. The normalized spacial score (nSPS) is 12.3. The Kier molecular flexibility index (Phi) is 5.96. The van der Waals surface area contributed by atoms with E-state index in [9.17, 15) is 32.5 Å². The van der Waals surface area contributed by atoms with Gasteiger partial charge in [-0.25, -0.2) is 14.2 Å². The molecule has 0 aliphatic heterocycles. The number of hydrogen-bond acceptors (Lipinski definition) is 5. The maximum atomic E-state index is 13.4. The molecule has 1 aromatic heterocycles. The number of hydrogen-bond donors (Lipinski definition) is 2. The van der Waals surface area contributed by atoms with E-state index < -0.39 is 51.7 Å². The van der Waals surface area contributed by atoms with E-state index in [1.165, 1.54) is 18.2 Å². The fourth-order valence-corrected chi connectivity index (χ4v) is 2.43. The number of aromatic carboxylic acids is 1. The molecule has 1 heterocycles. The van der Waals surface area contributed by atoms with E-state index in [2.05, 4.69) is 16.9 Å². The topological polar surface area (TPSA) is 105 Å². The third-order valence-corrected chi connectivity index (χ3v) is 3.69. The third kappa shape index (κ3) is 4.61. The molecule has 0 amide bonds. The summed E-state index contributed by atoms with van der Waals surface area (Å²) in [6.45, 7) is 3.50. The van der Waals surface area contributed by atoms with E-state index in [1.807, 2.05) is 0 Å². The van der Waals surface area contributed by atoms with E-state index in [1.54, 1.807) is 0 Å². The van der Waals surface area contributed by atoms with Gasteiger partial charge in [0.05, 0.1) is 11.0 Å². The van der Waals surface area contributed by atoms with Crippen LogP contribution >= 0.6 is 0 Å². The van der Waals surface area contributed by atoms with Crippen LogP contribution in [-0.4, -0.2) is 21.0 Å². The van der Waals surface area contributed by atoms with Crippen LogP contribution in [0.1, 0.15) is 34.1 Å². The van der Waals surface area contributed by atoms with Gasteiger partial charge in [0.2, 0.25) is 5.69 Å². The average Bonchev–Trinajstić information content (AvgIpc) is 2.60. The van der Waals surface area contributed by atoms with Crippen molar-refractivity contribution in [1.29, 1.82) is 0 Å². The summed E-state index contributed by atoms with van der Waals surface area (Å²) >= 11 is 0. The summed E-state index contributed by atoms with van der Waals surface area (Å²) in [5.74, 6) is -3.31. The summed E-state index contributed by atoms with van der Waals surface area (Å²) < 4.78 is 53.3. The van der Waals surface area contributed by atoms with E-state index in [0.717, 1.165) is 12.1 Å². The minimum atomic E-state index is -5.04. The van der Waals surface area contributed by atoms with Crippen molar-refractivity contribution < 1.29 is 32.4 Å². The molecule has 0 fully saturated rings. The number of halogens is 4. The highest BCUT2D eigenvalue weighted by Crippen LogP contribution is 2.38. The van der Waals surface area contributed by atoms with Gasteiger partial charge in [-0.2, -0.15) is 13.2 Å². The van der Waals surface area contributed by atoms with Crippen LogP contribution in [0.25, 0.3) is 0 Å². The first kappa shape index (κ1) is 20.8. The molecule has 0 aliphatic carbocycles. The monoisotopic (exact) mass is 399 g/mol. The number of pyridine rings is 1. The molecule has 2 aromatic rings. The fourth-order valence-electron chi connectivity index (χ4n) is 2.43. The van der Waals surface area contributed by atoms with Gasteiger partial charge >= 0.3 is 17.8 Å². The van der Waals surface area contributed by atoms with Crippen LogP contribution in [0.4, 0.5) is 29.1 Å². The van der Waals surface area contributed by atoms with Crippen LogP contribution in [0.3, 0.4) is 0 Å². The Labute approximate surface area is 155 Å². The number of anilines is 1. The summed E-state index contributed by atoms with van der Waals surface area (Å²) in [7, 11) is 0. The van der Waals surface area contributed by atoms with E-state index in [-0.39, 0.29) is 12.5 Å². The first-order chi connectivity index (χ1) is 13.0. The highest BCUT2D eigenvalue weighted by atomic mass is 19.4. The van der Waals surface area contributed by atoms with E-state index >= 15 is 0 Å². The fraction of sp³-hybridized carbons (Fsp3) is 0.176. The van der Waals surface area contributed by atoms with Gasteiger partial charge in [0, 0.05) is 6.07 Å². The van der Waals surface area contributed by atoms with Crippen molar-refractivity contribution in [2.45, 2.75) is 18.6 Å². The Balaban J connectivity index is 2.61. The lowest BCUT2D eigenvalue weighted by molar-refractivity contribution is -0.385. The molecule has 0 bridgehead atoms. The van der Waals surface area contributed by atoms with Gasteiger partial charge in [-0.1, -0.05) is 18.2 Å². The average molecular weight is 399 g/mol. The number of carboxylic acids is 1. The Morgan fingerprint density at radius 1 is 1.36 bits per heavy atom. The SMILES string of the molecule is C=CCC(Nc1nc(C(=O)O)c([N+](=O)[O-])cc1C(F)(F)F)c1ccc(F)cc1. The summed E-state index contributed by atoms with van der Waals surface area (Å²) in [6.07, 6.45) is -3.57. The number of benzene rings is 1. The zero-order chi connectivity index (χ0) is 21.1. The molecule has 2 N–H and O–H groups in total. The zero-order valence-corrected chi connectivity index (χ0v) is 14.0. The second-order valence-corrected chi connectivity index (χ2v) is 5.59. The Morgan fingerprint density at radius 3 is 2.43 bits per heavy atom. The number of carboxylic acid groups (broad SMARTS) is 1. The third-order valence-electron chi connectivity index (χ3n) is 3.69. The Bertz CT molecular complexity index is 914. The van der Waals surface area contributed by atoms with Crippen LogP contribution in [0.15, 0.2) is 43.0 Å². The molecule has 1 unspecified atom stereocenters. The van der Waals surface area contributed by atoms with Crippen LogP contribution in [-0.2, 0) is 6.18 Å². The van der Waals surface area contributed by atoms with E-state index in [4.69, 9.17) is 5.11 Å². The standard InChI is InChI=1S/C17H13F4N3O4/c1-2-3-12(9-4-6-10(18)7-5-9)22-15-11(17(19,20)21)8-13(24(27)28)14(23-15)16(25)26/h2,4-8,12H,1,3H2,(H,22,23)(H,25,26). The van der Waals surface area contributed by atoms with Crippen molar-refractivity contribution >= 4 is 17.5 Å². The number of nitrogens with one attached hydrogen (secondary N) is 1. The first-order valence-corrected chi connectivity index (χ1v) is 7.67. The lowest BCUT2D eigenvalue weighted by atomic mass is 10.0. The number of carbonyl (C=O) groups is 1. The lowest BCUT2D eigenvalue weighted by Crippen LogP contribution is -2.19. The molecule has 0 saturated heterocycles. The van der Waals surface area contributed by atoms with Crippen LogP contribution in [0.2, 0.25) is 0 Å². The highest BCUT2D eigenvalue weighted by molar-refractivity contribution is 5.91. The van der Waals surface area contributed by atoms with Gasteiger partial charge in [-0.15, -0.1) is 6.58 Å². The molecule has 0 spiro atoms. The summed E-state index contributed by atoms with van der Waals surface area (Å²) in [6, 6.07) is 4.11. The quantitative estimate of drug-likeness (QED) is 0.306. The van der Waals surface area contributed by atoms with E-state index in [0.29, 0.717) is 5.56 Å². The van der Waals surface area contributed by atoms with Crippen molar-refractivity contribution in [3.8, 4) is 0 Å². The molecular formula is C17H13F4N3O4. The lowest BCUT2D eigenvalue weighted by Gasteiger charge is -2.21. The molecule has 28 heavy (non-hydrogen) atoms. The maximum absolute atomic E-state index is 13.4. The molecule has 0 saturated carbocycles. The van der Waals surface area contributed by atoms with Gasteiger partial charge in [0.25, 0.3) is 0 Å². The largest absolute Gasteiger partial charge is 0.476 e. The molecule has 1 atom stereocenters. The van der Waals surface area contributed by atoms with Crippen LogP contribution < -0.4 is 5.32 Å². The Hall–Kier alpha value is -3.50. The molecule has 148 valence electrons. The molecular weight excluding hydrogens is 386 g/mol. The first-order valence-electron chi connectivity index (χ1n) is 7.67. The smallest absolute Gasteiger partial charge is 0.420 e. The Morgan fingerprint density at radius 2 is 1.96 bits per heavy atom. The minimum Gasteiger partial charge on any atom is -0.476 e. The second-order valence-electron chi connectivity index (χ2n) is 5.59. The number of aromatic nitrogens is 1. The second kappa shape index (κ2) is 8.03. The molecule has 0 radical (unpaired) electrons.